The van der Waals surface area contributed by atoms with Crippen molar-refractivity contribution in [3.8, 4) is 16.5 Å². The minimum atomic E-state index is 0.251. The number of oxazole rings is 1. The summed E-state index contributed by atoms with van der Waals surface area (Å²) in [5.74, 6) is 2.47. The SMILES string of the molecule is COc1cccc(C(C)N(C)Cc2nc(-c3cccs3)oc2C)c1. The molecular formula is C19H22N2O2S. The van der Waals surface area contributed by atoms with Crippen molar-refractivity contribution in [3.05, 3.63) is 58.8 Å². The molecule has 5 heteroatoms. The highest BCUT2D eigenvalue weighted by molar-refractivity contribution is 7.13. The van der Waals surface area contributed by atoms with Crippen molar-refractivity contribution in [3.63, 3.8) is 0 Å². The Kier molecular flexibility index (Phi) is 5.02. The highest BCUT2D eigenvalue weighted by atomic mass is 32.1. The van der Waals surface area contributed by atoms with Gasteiger partial charge in [-0.2, -0.15) is 0 Å². The first-order valence-electron chi connectivity index (χ1n) is 7.93. The van der Waals surface area contributed by atoms with E-state index in [4.69, 9.17) is 9.15 Å². The van der Waals surface area contributed by atoms with Gasteiger partial charge in [0.2, 0.25) is 5.89 Å². The highest BCUT2D eigenvalue weighted by Gasteiger charge is 2.18. The fourth-order valence-electron chi connectivity index (χ4n) is 2.61. The number of benzene rings is 1. The first-order valence-corrected chi connectivity index (χ1v) is 8.81. The summed E-state index contributed by atoms with van der Waals surface area (Å²) in [7, 11) is 3.79. The van der Waals surface area contributed by atoms with Crippen LogP contribution in [0, 0.1) is 6.92 Å². The first-order chi connectivity index (χ1) is 11.6. The fraction of sp³-hybridized carbons (Fsp3) is 0.316. The zero-order valence-electron chi connectivity index (χ0n) is 14.4. The van der Waals surface area contributed by atoms with Crippen molar-refractivity contribution in [1.29, 1.82) is 0 Å². The van der Waals surface area contributed by atoms with Gasteiger partial charge in [0.25, 0.3) is 0 Å². The second-order valence-corrected chi connectivity index (χ2v) is 6.81. The van der Waals surface area contributed by atoms with Gasteiger partial charge in [-0.1, -0.05) is 18.2 Å². The molecule has 2 heterocycles. The summed E-state index contributed by atoms with van der Waals surface area (Å²) in [6, 6.07) is 12.5. The number of aromatic nitrogens is 1. The molecule has 0 amide bonds. The smallest absolute Gasteiger partial charge is 0.236 e. The normalized spacial score (nSPS) is 12.5. The molecule has 1 aromatic carbocycles. The topological polar surface area (TPSA) is 38.5 Å². The number of hydrogen-bond donors (Lipinski definition) is 0. The summed E-state index contributed by atoms with van der Waals surface area (Å²) in [6.07, 6.45) is 0. The van der Waals surface area contributed by atoms with E-state index < -0.39 is 0 Å². The molecule has 0 bridgehead atoms. The van der Waals surface area contributed by atoms with Gasteiger partial charge in [-0.15, -0.1) is 11.3 Å². The summed E-state index contributed by atoms with van der Waals surface area (Å²) in [5, 5.41) is 2.03. The molecule has 0 N–H and O–H groups in total. The Labute approximate surface area is 146 Å². The maximum Gasteiger partial charge on any atom is 0.236 e. The Morgan fingerprint density at radius 3 is 2.83 bits per heavy atom. The van der Waals surface area contributed by atoms with Crippen LogP contribution < -0.4 is 4.74 Å². The van der Waals surface area contributed by atoms with Crippen LogP contribution >= 0.6 is 11.3 Å². The van der Waals surface area contributed by atoms with Crippen molar-refractivity contribution in [1.82, 2.24) is 9.88 Å². The number of hydrogen-bond acceptors (Lipinski definition) is 5. The van der Waals surface area contributed by atoms with Crippen LogP contribution in [0.1, 0.15) is 30.0 Å². The van der Waals surface area contributed by atoms with E-state index in [1.54, 1.807) is 18.4 Å². The van der Waals surface area contributed by atoms with Crippen molar-refractivity contribution in [2.75, 3.05) is 14.2 Å². The Morgan fingerprint density at radius 2 is 2.12 bits per heavy atom. The molecule has 0 saturated heterocycles. The summed E-state index contributed by atoms with van der Waals surface area (Å²) in [5.41, 5.74) is 2.20. The lowest BCUT2D eigenvalue weighted by atomic mass is 10.1. The van der Waals surface area contributed by atoms with Crippen molar-refractivity contribution >= 4 is 11.3 Å². The molecule has 0 aliphatic carbocycles. The second-order valence-electron chi connectivity index (χ2n) is 5.87. The van der Waals surface area contributed by atoms with Crippen LogP contribution in [0.2, 0.25) is 0 Å². The molecule has 0 spiro atoms. The van der Waals surface area contributed by atoms with E-state index in [0.29, 0.717) is 5.89 Å². The van der Waals surface area contributed by atoms with Crippen molar-refractivity contribution in [2.45, 2.75) is 26.4 Å². The van der Waals surface area contributed by atoms with Crippen LogP contribution in [0.5, 0.6) is 5.75 Å². The predicted octanol–water partition coefficient (Wildman–Crippen LogP) is 4.91. The number of ether oxygens (including phenoxy) is 1. The summed E-state index contributed by atoms with van der Waals surface area (Å²) in [6.45, 7) is 4.90. The summed E-state index contributed by atoms with van der Waals surface area (Å²) < 4.78 is 11.2. The number of aryl methyl sites for hydroxylation is 1. The molecule has 1 unspecified atom stereocenters. The van der Waals surface area contributed by atoms with Gasteiger partial charge in [-0.25, -0.2) is 4.98 Å². The van der Waals surface area contributed by atoms with Crippen LogP contribution in [0.3, 0.4) is 0 Å². The molecule has 126 valence electrons. The molecule has 1 atom stereocenters. The van der Waals surface area contributed by atoms with Gasteiger partial charge in [0.1, 0.15) is 11.5 Å². The monoisotopic (exact) mass is 342 g/mol. The van der Waals surface area contributed by atoms with Crippen LogP contribution in [0.15, 0.2) is 46.2 Å². The van der Waals surface area contributed by atoms with Gasteiger partial charge in [0.05, 0.1) is 17.7 Å². The molecule has 24 heavy (non-hydrogen) atoms. The standard InChI is InChI=1S/C19H22N2O2S/c1-13(15-7-5-8-16(11-15)22-4)21(3)12-17-14(2)23-19(20-17)18-9-6-10-24-18/h5-11,13H,12H2,1-4H3. The number of rotatable bonds is 6. The third-order valence-corrected chi connectivity index (χ3v) is 5.12. The second kappa shape index (κ2) is 7.20. The maximum atomic E-state index is 5.83. The predicted molar refractivity (Wildman–Crippen MR) is 97.4 cm³/mol. The van der Waals surface area contributed by atoms with E-state index in [1.807, 2.05) is 36.6 Å². The highest BCUT2D eigenvalue weighted by Crippen LogP contribution is 2.28. The molecule has 0 fully saturated rings. The molecule has 3 rings (SSSR count). The molecule has 0 aliphatic rings. The number of thiophene rings is 1. The third-order valence-electron chi connectivity index (χ3n) is 4.26. The van der Waals surface area contributed by atoms with Gasteiger partial charge in [-0.3, -0.25) is 4.90 Å². The number of nitrogens with zero attached hydrogens (tertiary/aromatic N) is 2. The van der Waals surface area contributed by atoms with E-state index in [1.165, 1.54) is 5.56 Å². The summed E-state index contributed by atoms with van der Waals surface area (Å²) >= 11 is 1.64. The lowest BCUT2D eigenvalue weighted by molar-refractivity contribution is 0.248. The van der Waals surface area contributed by atoms with Crippen LogP contribution in [-0.4, -0.2) is 24.0 Å². The Morgan fingerprint density at radius 1 is 1.29 bits per heavy atom. The zero-order chi connectivity index (χ0) is 17.1. The molecule has 0 radical (unpaired) electrons. The molecule has 2 aromatic heterocycles. The largest absolute Gasteiger partial charge is 0.497 e. The van der Waals surface area contributed by atoms with Crippen LogP contribution in [-0.2, 0) is 6.54 Å². The van der Waals surface area contributed by atoms with Gasteiger partial charge in [0, 0.05) is 12.6 Å². The van der Waals surface area contributed by atoms with Crippen molar-refractivity contribution in [2.24, 2.45) is 0 Å². The molecular weight excluding hydrogens is 320 g/mol. The molecule has 0 aliphatic heterocycles. The van der Waals surface area contributed by atoms with E-state index in [0.717, 1.165) is 28.6 Å². The average molecular weight is 342 g/mol. The minimum Gasteiger partial charge on any atom is -0.497 e. The Hall–Kier alpha value is -2.11. The summed E-state index contributed by atoms with van der Waals surface area (Å²) in [4.78, 5) is 8.00. The molecule has 0 saturated carbocycles. The lowest BCUT2D eigenvalue weighted by Gasteiger charge is -2.24. The molecule has 4 nitrogen and oxygen atoms in total. The van der Waals surface area contributed by atoms with Crippen LogP contribution in [0.25, 0.3) is 10.8 Å². The Bertz CT molecular complexity index is 796. The van der Waals surface area contributed by atoms with E-state index >= 15 is 0 Å². The third kappa shape index (κ3) is 3.52. The molecule has 3 aromatic rings. The zero-order valence-corrected chi connectivity index (χ0v) is 15.3. The van der Waals surface area contributed by atoms with Gasteiger partial charge < -0.3 is 9.15 Å². The van der Waals surface area contributed by atoms with Gasteiger partial charge in [0.15, 0.2) is 0 Å². The van der Waals surface area contributed by atoms with E-state index in [2.05, 4.69) is 36.0 Å². The van der Waals surface area contributed by atoms with Gasteiger partial charge in [-0.05, 0) is 50.0 Å². The quantitative estimate of drug-likeness (QED) is 0.638. The van der Waals surface area contributed by atoms with Gasteiger partial charge >= 0.3 is 0 Å². The first kappa shape index (κ1) is 16.7. The van der Waals surface area contributed by atoms with Crippen LogP contribution in [0.4, 0.5) is 0 Å². The van der Waals surface area contributed by atoms with Crippen molar-refractivity contribution < 1.29 is 9.15 Å². The average Bonchev–Trinajstić information content (AvgIpc) is 3.24. The lowest BCUT2D eigenvalue weighted by Crippen LogP contribution is -2.22. The Balaban J connectivity index is 1.75. The fourth-order valence-corrected chi connectivity index (χ4v) is 3.26. The minimum absolute atomic E-state index is 0.251. The van der Waals surface area contributed by atoms with E-state index in [9.17, 15) is 0 Å². The maximum absolute atomic E-state index is 5.83. The van der Waals surface area contributed by atoms with E-state index in [-0.39, 0.29) is 6.04 Å². The number of methoxy groups -OCH3 is 1.